The molecule has 0 bridgehead atoms. The summed E-state index contributed by atoms with van der Waals surface area (Å²) in [5, 5.41) is 0. The van der Waals surface area contributed by atoms with E-state index in [-0.39, 0.29) is 5.41 Å². The molecule has 15 heavy (non-hydrogen) atoms. The Bertz CT molecular complexity index is 385. The fraction of sp³-hybridized carbons (Fsp3) is 0.455. The van der Waals surface area contributed by atoms with Crippen LogP contribution >= 0.6 is 38.5 Å². The molecule has 0 fully saturated rings. The summed E-state index contributed by atoms with van der Waals surface area (Å²) in [5.41, 5.74) is 7.87. The van der Waals surface area contributed by atoms with Crippen LogP contribution in [-0.4, -0.2) is 7.11 Å². The van der Waals surface area contributed by atoms with Crippen molar-refractivity contribution in [2.75, 3.05) is 12.8 Å². The summed E-state index contributed by atoms with van der Waals surface area (Å²) in [6.45, 7) is 6.43. The summed E-state index contributed by atoms with van der Waals surface area (Å²) < 4.78 is 7.37. The van der Waals surface area contributed by atoms with Crippen molar-refractivity contribution in [1.29, 1.82) is 0 Å². The highest BCUT2D eigenvalue weighted by molar-refractivity contribution is 14.1. The number of ether oxygens (including phenoxy) is 1. The molecule has 0 unspecified atom stereocenters. The Kier molecular flexibility index (Phi) is 3.92. The topological polar surface area (TPSA) is 35.2 Å². The van der Waals surface area contributed by atoms with E-state index in [0.29, 0.717) is 0 Å². The van der Waals surface area contributed by atoms with Crippen molar-refractivity contribution in [2.45, 2.75) is 26.2 Å². The Labute approximate surface area is 113 Å². The van der Waals surface area contributed by atoms with Gasteiger partial charge in [0, 0.05) is 11.3 Å². The van der Waals surface area contributed by atoms with E-state index in [0.717, 1.165) is 25.0 Å². The Morgan fingerprint density at radius 1 is 1.40 bits per heavy atom. The maximum Gasteiger partial charge on any atom is 0.137 e. The zero-order valence-corrected chi connectivity index (χ0v) is 13.1. The van der Waals surface area contributed by atoms with Crippen molar-refractivity contribution < 1.29 is 4.74 Å². The molecule has 0 aliphatic carbocycles. The summed E-state index contributed by atoms with van der Waals surface area (Å²) in [4.78, 5) is 0. The monoisotopic (exact) mass is 383 g/mol. The van der Waals surface area contributed by atoms with Crippen molar-refractivity contribution in [3.63, 3.8) is 0 Å². The van der Waals surface area contributed by atoms with Crippen LogP contribution in [0.1, 0.15) is 26.3 Å². The second-order valence-corrected chi connectivity index (χ2v) is 6.30. The number of rotatable bonds is 1. The molecular formula is C11H15BrINO. The van der Waals surface area contributed by atoms with Crippen LogP contribution in [0.15, 0.2) is 10.5 Å². The van der Waals surface area contributed by atoms with E-state index in [1.54, 1.807) is 7.11 Å². The van der Waals surface area contributed by atoms with E-state index in [2.05, 4.69) is 59.3 Å². The number of hydrogen-bond donors (Lipinski definition) is 1. The fourth-order valence-corrected chi connectivity index (χ4v) is 2.39. The van der Waals surface area contributed by atoms with Gasteiger partial charge in [0.2, 0.25) is 0 Å². The van der Waals surface area contributed by atoms with Crippen LogP contribution in [0, 0.1) is 3.57 Å². The molecule has 2 nitrogen and oxygen atoms in total. The predicted octanol–water partition coefficient (Wildman–Crippen LogP) is 3.94. The molecule has 84 valence electrons. The quantitative estimate of drug-likeness (QED) is 0.588. The molecule has 0 heterocycles. The molecule has 0 aliphatic heterocycles. The number of halogens is 2. The highest BCUT2D eigenvalue weighted by Gasteiger charge is 2.23. The molecule has 0 atom stereocenters. The maximum absolute atomic E-state index is 5.95. The zero-order valence-electron chi connectivity index (χ0n) is 9.32. The van der Waals surface area contributed by atoms with Crippen LogP contribution in [0.5, 0.6) is 5.75 Å². The maximum atomic E-state index is 5.95. The largest absolute Gasteiger partial charge is 0.495 e. The molecule has 4 heteroatoms. The highest BCUT2D eigenvalue weighted by Crippen LogP contribution is 2.41. The molecular weight excluding hydrogens is 369 g/mol. The molecule has 0 aliphatic rings. The summed E-state index contributed by atoms with van der Waals surface area (Å²) in [7, 11) is 1.68. The molecule has 0 amide bonds. The van der Waals surface area contributed by atoms with Crippen LogP contribution in [-0.2, 0) is 5.41 Å². The first kappa shape index (κ1) is 13.1. The third kappa shape index (κ3) is 2.58. The number of methoxy groups -OCH3 is 1. The first-order valence-electron chi connectivity index (χ1n) is 4.61. The van der Waals surface area contributed by atoms with Gasteiger partial charge in [-0.25, -0.2) is 0 Å². The van der Waals surface area contributed by atoms with E-state index < -0.39 is 0 Å². The molecule has 2 N–H and O–H groups in total. The van der Waals surface area contributed by atoms with Gasteiger partial charge in [0.15, 0.2) is 0 Å². The first-order valence-corrected chi connectivity index (χ1v) is 6.48. The molecule has 1 rings (SSSR count). The number of nitrogen functional groups attached to an aromatic ring is 1. The Morgan fingerprint density at radius 3 is 2.33 bits per heavy atom. The highest BCUT2D eigenvalue weighted by atomic mass is 127. The average molecular weight is 384 g/mol. The van der Waals surface area contributed by atoms with Gasteiger partial charge in [-0.15, -0.1) is 0 Å². The van der Waals surface area contributed by atoms with Crippen molar-refractivity contribution in [3.05, 3.63) is 19.7 Å². The van der Waals surface area contributed by atoms with Crippen LogP contribution in [0.2, 0.25) is 0 Å². The Morgan fingerprint density at radius 2 is 1.93 bits per heavy atom. The van der Waals surface area contributed by atoms with Gasteiger partial charge in [0.25, 0.3) is 0 Å². The molecule has 0 saturated carbocycles. The van der Waals surface area contributed by atoms with E-state index in [1.807, 2.05) is 6.07 Å². The number of nitrogens with two attached hydrogens (primary N) is 1. The lowest BCUT2D eigenvalue weighted by Crippen LogP contribution is -2.14. The third-order valence-corrected chi connectivity index (χ3v) is 4.86. The third-order valence-electron chi connectivity index (χ3n) is 2.20. The van der Waals surface area contributed by atoms with E-state index >= 15 is 0 Å². The second-order valence-electron chi connectivity index (χ2n) is 4.42. The van der Waals surface area contributed by atoms with Gasteiger partial charge in [0.05, 0.1) is 15.2 Å². The lowest BCUT2D eigenvalue weighted by Gasteiger charge is -2.24. The van der Waals surface area contributed by atoms with Gasteiger partial charge in [-0.2, -0.15) is 0 Å². The molecule has 0 spiro atoms. The fourth-order valence-electron chi connectivity index (χ4n) is 1.39. The van der Waals surface area contributed by atoms with E-state index in [9.17, 15) is 0 Å². The van der Waals surface area contributed by atoms with Crippen LogP contribution in [0.4, 0.5) is 5.69 Å². The predicted molar refractivity (Wildman–Crippen MR) is 76.5 cm³/mol. The lowest BCUT2D eigenvalue weighted by atomic mass is 9.86. The Balaban J connectivity index is 3.53. The minimum Gasteiger partial charge on any atom is -0.495 e. The second kappa shape index (κ2) is 4.49. The first-order chi connectivity index (χ1) is 6.79. The number of anilines is 1. The lowest BCUT2D eigenvalue weighted by molar-refractivity contribution is 0.394. The van der Waals surface area contributed by atoms with Crippen molar-refractivity contribution in [3.8, 4) is 5.75 Å². The summed E-state index contributed by atoms with van der Waals surface area (Å²) >= 11 is 5.73. The van der Waals surface area contributed by atoms with Gasteiger partial charge in [0.1, 0.15) is 5.75 Å². The van der Waals surface area contributed by atoms with Crippen molar-refractivity contribution in [1.82, 2.24) is 0 Å². The van der Waals surface area contributed by atoms with Gasteiger partial charge >= 0.3 is 0 Å². The number of hydrogen-bond acceptors (Lipinski definition) is 2. The van der Waals surface area contributed by atoms with Crippen molar-refractivity contribution >= 4 is 44.2 Å². The molecule has 0 radical (unpaired) electrons. The minimum absolute atomic E-state index is 0.0202. The van der Waals surface area contributed by atoms with E-state index in [4.69, 9.17) is 10.5 Å². The summed E-state index contributed by atoms with van der Waals surface area (Å²) in [6.07, 6.45) is 0. The average Bonchev–Trinajstić information content (AvgIpc) is 2.12. The SMILES string of the molecule is COc1c(C(C)(C)C)cc(N)c(I)c1Br. The Hall–Kier alpha value is 0.0300. The van der Waals surface area contributed by atoms with Gasteiger partial charge in [-0.1, -0.05) is 20.8 Å². The molecule has 1 aromatic carbocycles. The normalized spacial score (nSPS) is 11.6. The van der Waals surface area contributed by atoms with Crippen molar-refractivity contribution in [2.24, 2.45) is 0 Å². The molecule has 1 aromatic rings. The summed E-state index contributed by atoms with van der Waals surface area (Å²) in [5.74, 6) is 0.876. The van der Waals surface area contributed by atoms with Gasteiger partial charge in [-0.05, 0) is 50.0 Å². The smallest absolute Gasteiger partial charge is 0.137 e. The van der Waals surface area contributed by atoms with Gasteiger partial charge < -0.3 is 10.5 Å². The molecule has 0 aromatic heterocycles. The van der Waals surface area contributed by atoms with Crippen LogP contribution in [0.3, 0.4) is 0 Å². The van der Waals surface area contributed by atoms with E-state index in [1.165, 1.54) is 0 Å². The van der Waals surface area contributed by atoms with Gasteiger partial charge in [-0.3, -0.25) is 0 Å². The molecule has 0 saturated heterocycles. The van der Waals surface area contributed by atoms with Crippen LogP contribution in [0.25, 0.3) is 0 Å². The standard InChI is InChI=1S/C11H15BrINO/c1-11(2,3)6-5-7(14)9(13)8(12)10(6)15-4/h5H,14H2,1-4H3. The van der Waals surface area contributed by atoms with Crippen LogP contribution < -0.4 is 10.5 Å². The minimum atomic E-state index is 0.0202. The number of benzene rings is 1. The zero-order chi connectivity index (χ0) is 11.8. The summed E-state index contributed by atoms with van der Waals surface area (Å²) in [6, 6.07) is 1.99.